The molecule has 1 fully saturated rings. The lowest BCUT2D eigenvalue weighted by Gasteiger charge is -2.09. The fourth-order valence-electron chi connectivity index (χ4n) is 2.03. The average molecular weight is 264 g/mol. The Morgan fingerprint density at radius 2 is 2.42 bits per heavy atom. The molecular weight excluding hydrogens is 244 g/mol. The highest BCUT2D eigenvalue weighted by molar-refractivity contribution is 5.18. The third-order valence-corrected chi connectivity index (χ3v) is 3.04. The van der Waals surface area contributed by atoms with Crippen molar-refractivity contribution < 1.29 is 13.9 Å². The lowest BCUT2D eigenvalue weighted by molar-refractivity contribution is 0.0166. The predicted octanol–water partition coefficient (Wildman–Crippen LogP) is 1.83. The van der Waals surface area contributed by atoms with Crippen molar-refractivity contribution in [1.82, 2.24) is 5.32 Å². The summed E-state index contributed by atoms with van der Waals surface area (Å²) in [4.78, 5) is 0. The van der Waals surface area contributed by atoms with Crippen molar-refractivity contribution in [3.05, 3.63) is 23.7 Å². The van der Waals surface area contributed by atoms with E-state index in [4.69, 9.17) is 19.2 Å². The molecule has 1 aromatic heterocycles. The van der Waals surface area contributed by atoms with Gasteiger partial charge >= 0.3 is 0 Å². The quantitative estimate of drug-likeness (QED) is 0.725. The number of hydrogen-bond donors (Lipinski definition) is 1. The van der Waals surface area contributed by atoms with Gasteiger partial charge in [0, 0.05) is 13.2 Å². The van der Waals surface area contributed by atoms with Gasteiger partial charge in [0.1, 0.15) is 11.8 Å². The van der Waals surface area contributed by atoms with Crippen LogP contribution in [0.2, 0.25) is 0 Å². The molecule has 0 radical (unpaired) electrons. The zero-order valence-electron chi connectivity index (χ0n) is 11.1. The van der Waals surface area contributed by atoms with Gasteiger partial charge < -0.3 is 19.2 Å². The first-order valence-corrected chi connectivity index (χ1v) is 6.77. The van der Waals surface area contributed by atoms with Gasteiger partial charge in [0.2, 0.25) is 5.76 Å². The van der Waals surface area contributed by atoms with E-state index in [1.165, 1.54) is 0 Å². The Hall–Kier alpha value is -1.35. The molecule has 0 bridgehead atoms. The minimum absolute atomic E-state index is 0.306. The highest BCUT2D eigenvalue weighted by Gasteiger charge is 2.14. The molecule has 1 saturated heterocycles. The minimum atomic E-state index is 0.306. The lowest BCUT2D eigenvalue weighted by Crippen LogP contribution is -2.18. The van der Waals surface area contributed by atoms with Crippen molar-refractivity contribution in [3.8, 4) is 6.07 Å². The van der Waals surface area contributed by atoms with E-state index in [2.05, 4.69) is 5.32 Å². The molecular formula is C14H20N2O3. The number of nitriles is 1. The Balaban J connectivity index is 1.44. The van der Waals surface area contributed by atoms with Gasteiger partial charge in [0.15, 0.2) is 0 Å². The Morgan fingerprint density at radius 1 is 1.47 bits per heavy atom. The molecule has 104 valence electrons. The molecule has 1 N–H and O–H groups in total. The van der Waals surface area contributed by atoms with Crippen LogP contribution in [0.25, 0.3) is 0 Å². The third kappa shape index (κ3) is 5.03. The van der Waals surface area contributed by atoms with Gasteiger partial charge in [-0.25, -0.2) is 0 Å². The molecule has 1 unspecified atom stereocenters. The summed E-state index contributed by atoms with van der Waals surface area (Å²) in [5.74, 6) is 1.15. The van der Waals surface area contributed by atoms with Crippen molar-refractivity contribution in [1.29, 1.82) is 5.26 Å². The second-order valence-electron chi connectivity index (χ2n) is 4.62. The fourth-order valence-corrected chi connectivity index (χ4v) is 2.03. The van der Waals surface area contributed by atoms with E-state index in [0.717, 1.165) is 44.8 Å². The maximum atomic E-state index is 8.62. The Bertz CT molecular complexity index is 405. The summed E-state index contributed by atoms with van der Waals surface area (Å²) in [6, 6.07) is 5.47. The average Bonchev–Trinajstić information content (AvgIpc) is 3.08. The second kappa shape index (κ2) is 7.95. The number of ether oxygens (including phenoxy) is 2. The van der Waals surface area contributed by atoms with Crippen LogP contribution in [0, 0.1) is 11.3 Å². The van der Waals surface area contributed by atoms with Gasteiger partial charge in [-0.2, -0.15) is 5.26 Å². The van der Waals surface area contributed by atoms with Gasteiger partial charge in [-0.15, -0.1) is 0 Å². The van der Waals surface area contributed by atoms with Crippen LogP contribution < -0.4 is 5.32 Å². The SMILES string of the molecule is N#Cc1ccc(CNCCCOCC2CCCO2)o1. The zero-order valence-corrected chi connectivity index (χ0v) is 11.1. The second-order valence-corrected chi connectivity index (χ2v) is 4.62. The predicted molar refractivity (Wildman–Crippen MR) is 69.5 cm³/mol. The summed E-state index contributed by atoms with van der Waals surface area (Å²) in [6.07, 6.45) is 3.54. The summed E-state index contributed by atoms with van der Waals surface area (Å²) in [6.45, 7) is 3.85. The van der Waals surface area contributed by atoms with Gasteiger partial charge in [-0.3, -0.25) is 0 Å². The molecule has 0 aliphatic carbocycles. The first kappa shape index (κ1) is 14.1. The van der Waals surface area contributed by atoms with E-state index in [1.54, 1.807) is 6.07 Å². The smallest absolute Gasteiger partial charge is 0.203 e. The monoisotopic (exact) mass is 264 g/mol. The molecule has 0 spiro atoms. The Morgan fingerprint density at radius 3 is 3.16 bits per heavy atom. The third-order valence-electron chi connectivity index (χ3n) is 3.04. The molecule has 1 aromatic rings. The molecule has 2 heterocycles. The maximum absolute atomic E-state index is 8.62. The van der Waals surface area contributed by atoms with Crippen LogP contribution in [0.3, 0.4) is 0 Å². The highest BCUT2D eigenvalue weighted by Crippen LogP contribution is 2.11. The molecule has 0 amide bonds. The van der Waals surface area contributed by atoms with E-state index in [0.29, 0.717) is 25.0 Å². The van der Waals surface area contributed by atoms with Gasteiger partial charge in [-0.05, 0) is 37.9 Å². The molecule has 2 rings (SSSR count). The van der Waals surface area contributed by atoms with Crippen LogP contribution in [0.15, 0.2) is 16.5 Å². The lowest BCUT2D eigenvalue weighted by atomic mass is 10.2. The Labute approximate surface area is 113 Å². The standard InChI is InChI=1S/C14H20N2O3/c15-9-12-4-5-13(19-12)10-16-6-2-7-17-11-14-3-1-8-18-14/h4-5,14,16H,1-3,6-8,10-11H2. The van der Waals surface area contributed by atoms with Crippen LogP contribution in [0.4, 0.5) is 0 Å². The number of hydrogen-bond acceptors (Lipinski definition) is 5. The molecule has 19 heavy (non-hydrogen) atoms. The Kier molecular flexibility index (Phi) is 5.89. The molecule has 0 saturated carbocycles. The molecule has 1 aliphatic rings. The van der Waals surface area contributed by atoms with Crippen molar-refractivity contribution in [2.75, 3.05) is 26.4 Å². The first-order chi connectivity index (χ1) is 9.38. The topological polar surface area (TPSA) is 67.4 Å². The van der Waals surface area contributed by atoms with Gasteiger partial charge in [-0.1, -0.05) is 0 Å². The van der Waals surface area contributed by atoms with Crippen LogP contribution in [0.1, 0.15) is 30.8 Å². The van der Waals surface area contributed by atoms with E-state index >= 15 is 0 Å². The summed E-state index contributed by atoms with van der Waals surface area (Å²) >= 11 is 0. The van der Waals surface area contributed by atoms with Crippen LogP contribution >= 0.6 is 0 Å². The van der Waals surface area contributed by atoms with Crippen LogP contribution in [0.5, 0.6) is 0 Å². The van der Waals surface area contributed by atoms with Crippen molar-refractivity contribution in [2.45, 2.75) is 31.9 Å². The first-order valence-electron chi connectivity index (χ1n) is 6.77. The van der Waals surface area contributed by atoms with E-state index in [-0.39, 0.29) is 0 Å². The van der Waals surface area contributed by atoms with Crippen molar-refractivity contribution in [2.24, 2.45) is 0 Å². The van der Waals surface area contributed by atoms with Gasteiger partial charge in [0.05, 0.1) is 19.3 Å². The van der Waals surface area contributed by atoms with Gasteiger partial charge in [0.25, 0.3) is 0 Å². The summed E-state index contributed by atoms with van der Waals surface area (Å²) in [5.41, 5.74) is 0. The van der Waals surface area contributed by atoms with Crippen LogP contribution in [-0.4, -0.2) is 32.5 Å². The normalized spacial score (nSPS) is 18.6. The van der Waals surface area contributed by atoms with Crippen molar-refractivity contribution >= 4 is 0 Å². The zero-order chi connectivity index (χ0) is 13.3. The number of furan rings is 1. The highest BCUT2D eigenvalue weighted by atomic mass is 16.5. The van der Waals surface area contributed by atoms with E-state index in [9.17, 15) is 0 Å². The molecule has 5 nitrogen and oxygen atoms in total. The van der Waals surface area contributed by atoms with Crippen molar-refractivity contribution in [3.63, 3.8) is 0 Å². The number of nitrogens with one attached hydrogen (secondary N) is 1. The number of rotatable bonds is 8. The fraction of sp³-hybridized carbons (Fsp3) is 0.643. The molecule has 1 aliphatic heterocycles. The van der Waals surface area contributed by atoms with E-state index < -0.39 is 0 Å². The molecule has 5 heteroatoms. The molecule has 1 atom stereocenters. The summed E-state index contributed by atoms with van der Waals surface area (Å²) in [7, 11) is 0. The maximum Gasteiger partial charge on any atom is 0.203 e. The number of nitrogens with zero attached hydrogens (tertiary/aromatic N) is 1. The minimum Gasteiger partial charge on any atom is -0.449 e. The largest absolute Gasteiger partial charge is 0.449 e. The molecule has 0 aromatic carbocycles. The van der Waals surface area contributed by atoms with Crippen LogP contribution in [-0.2, 0) is 16.0 Å². The summed E-state index contributed by atoms with van der Waals surface area (Å²) < 4.78 is 16.3. The summed E-state index contributed by atoms with van der Waals surface area (Å²) in [5, 5.41) is 11.9. The van der Waals surface area contributed by atoms with E-state index in [1.807, 2.05) is 12.1 Å².